The van der Waals surface area contributed by atoms with Crippen LogP contribution in [0.5, 0.6) is 5.75 Å². The number of carbonyl (C=O) groups is 1. The van der Waals surface area contributed by atoms with Gasteiger partial charge >= 0.3 is 0 Å². The second kappa shape index (κ2) is 9.85. The summed E-state index contributed by atoms with van der Waals surface area (Å²) < 4.78 is 33.7. The van der Waals surface area contributed by atoms with Crippen molar-refractivity contribution in [1.29, 1.82) is 0 Å². The molecule has 0 saturated carbocycles. The fraction of sp³-hybridized carbons (Fsp3) is 0.393. The van der Waals surface area contributed by atoms with Gasteiger partial charge in [-0.1, -0.05) is 22.8 Å². The molecule has 1 atom stereocenters. The normalized spacial score (nSPS) is 20.6. The summed E-state index contributed by atoms with van der Waals surface area (Å²) in [5, 5.41) is 4.59. The van der Waals surface area contributed by atoms with E-state index in [1.165, 1.54) is 0 Å². The minimum atomic E-state index is -2.56. The number of rotatable bonds is 5. The van der Waals surface area contributed by atoms with Gasteiger partial charge in [0, 0.05) is 46.3 Å². The molecule has 39 heavy (non-hydrogen) atoms. The molecule has 2 fully saturated rings. The topological polar surface area (TPSA) is 114 Å². The number of nitrogens with zero attached hydrogens (tertiary/aromatic N) is 4. The van der Waals surface area contributed by atoms with E-state index in [0.717, 1.165) is 39.4 Å². The highest BCUT2D eigenvalue weighted by Gasteiger charge is 2.39. The van der Waals surface area contributed by atoms with E-state index in [1.54, 1.807) is 24.1 Å². The number of carbonyl (C=O) groups excluding carboxylic acids is 1. The molecule has 2 aromatic carbocycles. The van der Waals surface area contributed by atoms with Crippen LogP contribution in [0.2, 0.25) is 5.02 Å². The largest absolute Gasteiger partial charge is 0.497 e. The summed E-state index contributed by atoms with van der Waals surface area (Å²) in [4.78, 5) is 20.2. The van der Waals surface area contributed by atoms with Crippen molar-refractivity contribution in [2.45, 2.75) is 51.6 Å². The molecular weight excluding hydrogens is 540 g/mol. The number of benzene rings is 2. The first kappa shape index (κ1) is 26.2. The number of methoxy groups -OCH3 is 1. The molecule has 0 spiro atoms. The average Bonchev–Trinajstić information content (AvgIpc) is 3.57. The molecule has 6 rings (SSSR count). The Morgan fingerprint density at radius 3 is 2.56 bits per heavy atom. The summed E-state index contributed by atoms with van der Waals surface area (Å²) in [5.41, 5.74) is 5.15. The number of hydrogen-bond donors (Lipinski definition) is 2. The van der Waals surface area contributed by atoms with E-state index in [4.69, 9.17) is 25.8 Å². The van der Waals surface area contributed by atoms with Crippen LogP contribution in [-0.4, -0.2) is 48.3 Å². The van der Waals surface area contributed by atoms with Crippen LogP contribution < -0.4 is 9.64 Å². The van der Waals surface area contributed by atoms with Crippen molar-refractivity contribution < 1.29 is 23.2 Å². The summed E-state index contributed by atoms with van der Waals surface area (Å²) in [5.74, 6) is 2.81. The van der Waals surface area contributed by atoms with Crippen LogP contribution in [-0.2, 0) is 4.79 Å². The van der Waals surface area contributed by atoms with Crippen LogP contribution in [0.15, 0.2) is 40.9 Å². The number of imidazole rings is 1. The molecule has 1 amide bonds. The number of aryl methyl sites for hydroxylation is 2. The van der Waals surface area contributed by atoms with Gasteiger partial charge < -0.3 is 18.7 Å². The molecule has 2 aromatic heterocycles. The van der Waals surface area contributed by atoms with Crippen LogP contribution in [0.4, 0.5) is 5.69 Å². The highest BCUT2D eigenvalue weighted by molar-refractivity contribution is 8.24. The molecule has 1 unspecified atom stereocenters. The lowest BCUT2D eigenvalue weighted by molar-refractivity contribution is -0.117. The summed E-state index contributed by atoms with van der Waals surface area (Å²) in [7, 11) is -0.985. The molecule has 0 radical (unpaired) electrons. The highest BCUT2D eigenvalue weighted by atomic mass is 35.5. The van der Waals surface area contributed by atoms with Crippen LogP contribution in [0.25, 0.3) is 22.2 Å². The van der Waals surface area contributed by atoms with Gasteiger partial charge in [0.15, 0.2) is 0 Å². The third-order valence-electron chi connectivity index (χ3n) is 7.84. The smallest absolute Gasteiger partial charge is 0.227 e. The minimum Gasteiger partial charge on any atom is -0.497 e. The monoisotopic (exact) mass is 570 g/mol. The molecular formula is C28H31ClN4O5S. The Bertz CT molecular complexity index is 1550. The van der Waals surface area contributed by atoms with Gasteiger partial charge in [-0.2, -0.15) is 10.6 Å². The molecule has 4 heterocycles. The number of anilines is 1. The van der Waals surface area contributed by atoms with Crippen molar-refractivity contribution >= 4 is 44.8 Å². The van der Waals surface area contributed by atoms with Gasteiger partial charge in [-0.25, -0.2) is 4.98 Å². The van der Waals surface area contributed by atoms with E-state index >= 15 is 0 Å². The first-order chi connectivity index (χ1) is 18.6. The zero-order valence-corrected chi connectivity index (χ0v) is 23.6. The quantitative estimate of drug-likeness (QED) is 0.267. The van der Waals surface area contributed by atoms with Gasteiger partial charge in [-0.15, -0.1) is 0 Å². The van der Waals surface area contributed by atoms with Crippen molar-refractivity contribution in [3.63, 3.8) is 0 Å². The molecule has 9 nitrogen and oxygen atoms in total. The first-order valence-corrected chi connectivity index (χ1v) is 15.3. The molecule has 206 valence electrons. The zero-order valence-electron chi connectivity index (χ0n) is 22.1. The lowest BCUT2D eigenvalue weighted by Gasteiger charge is -2.40. The molecule has 2 aliphatic heterocycles. The maximum atomic E-state index is 13.3. The predicted octanol–water partition coefficient (Wildman–Crippen LogP) is 6.92. The number of halogens is 1. The van der Waals surface area contributed by atoms with Crippen molar-refractivity contribution in [3.8, 4) is 16.9 Å². The maximum absolute atomic E-state index is 13.3. The highest BCUT2D eigenvalue weighted by Crippen LogP contribution is 2.49. The Balaban J connectivity index is 1.50. The van der Waals surface area contributed by atoms with Crippen LogP contribution in [0.1, 0.15) is 55.0 Å². The third kappa shape index (κ3) is 4.69. The second-order valence-corrected chi connectivity index (χ2v) is 13.2. The average molecular weight is 571 g/mol. The first-order valence-electron chi connectivity index (χ1n) is 13.0. The van der Waals surface area contributed by atoms with E-state index in [9.17, 15) is 13.9 Å². The summed E-state index contributed by atoms with van der Waals surface area (Å²) >= 11 is 6.39. The van der Waals surface area contributed by atoms with Crippen LogP contribution >= 0.6 is 22.2 Å². The van der Waals surface area contributed by atoms with Crippen LogP contribution in [0.3, 0.4) is 0 Å². The van der Waals surface area contributed by atoms with Crippen molar-refractivity contribution in [2.75, 3.05) is 23.5 Å². The number of fused-ring (bicyclic) bond motifs is 1. The Morgan fingerprint density at radius 2 is 1.87 bits per heavy atom. The third-order valence-corrected chi connectivity index (χ3v) is 9.84. The van der Waals surface area contributed by atoms with Gasteiger partial charge in [0.2, 0.25) is 5.91 Å². The molecule has 0 aliphatic carbocycles. The number of amides is 1. The van der Waals surface area contributed by atoms with Crippen molar-refractivity contribution in [1.82, 2.24) is 14.7 Å². The van der Waals surface area contributed by atoms with Crippen molar-refractivity contribution in [3.05, 3.63) is 58.7 Å². The summed E-state index contributed by atoms with van der Waals surface area (Å²) in [6.07, 6.45) is 2.24. The molecule has 4 aromatic rings. The van der Waals surface area contributed by atoms with Crippen molar-refractivity contribution in [2.24, 2.45) is 0 Å². The maximum Gasteiger partial charge on any atom is 0.227 e. The Hall–Kier alpha value is -3.05. The van der Waals surface area contributed by atoms with Gasteiger partial charge in [0.25, 0.3) is 0 Å². The Morgan fingerprint density at radius 1 is 1.10 bits per heavy atom. The van der Waals surface area contributed by atoms with E-state index in [1.807, 2.05) is 32.0 Å². The van der Waals surface area contributed by atoms with Gasteiger partial charge in [-0.3, -0.25) is 13.9 Å². The van der Waals surface area contributed by atoms with Gasteiger partial charge in [0.05, 0.1) is 29.9 Å². The summed E-state index contributed by atoms with van der Waals surface area (Å²) in [6, 6.07) is 11.2. The van der Waals surface area contributed by atoms with E-state index < -0.39 is 10.6 Å². The zero-order chi connectivity index (χ0) is 27.5. The molecule has 2 saturated heterocycles. The summed E-state index contributed by atoms with van der Waals surface area (Å²) in [6.45, 7) is 3.81. The van der Waals surface area contributed by atoms with Gasteiger partial charge in [-0.05, 0) is 62.9 Å². The SMILES string of the molecule is COc1cc(Cl)cc(N2C(=O)CCC2c2nc3cc(-c4c(C)noc4C)ccc3n2C2CCS(O)(O)CC2)c1. The number of hydrogen-bond acceptors (Lipinski definition) is 7. The fourth-order valence-electron chi connectivity index (χ4n) is 6.00. The fourth-order valence-corrected chi connectivity index (χ4v) is 7.72. The standard InChI is InChI=1S/C28H31ClN4O5S/c1-16-27(17(2)38-31-16)18-4-5-24-23(12-18)30-28(33(24)20-8-10-39(35,36)11-9-20)25-6-7-26(34)32(25)21-13-19(29)14-22(15-21)37-3/h4-5,12-15,20,25,35-36H,6-11H2,1-3H3. The van der Waals surface area contributed by atoms with E-state index in [-0.39, 0.29) is 18.0 Å². The predicted molar refractivity (Wildman–Crippen MR) is 153 cm³/mol. The van der Waals surface area contributed by atoms with E-state index in [2.05, 4.69) is 15.8 Å². The molecule has 2 N–H and O–H groups in total. The lowest BCUT2D eigenvalue weighted by Crippen LogP contribution is -2.31. The number of ether oxygens (including phenoxy) is 1. The molecule has 11 heteroatoms. The minimum absolute atomic E-state index is 0.00263. The lowest BCUT2D eigenvalue weighted by atomic mass is 10.0. The number of aromatic nitrogens is 3. The second-order valence-electron chi connectivity index (χ2n) is 10.4. The van der Waals surface area contributed by atoms with Crippen LogP contribution in [0, 0.1) is 13.8 Å². The molecule has 2 aliphatic rings. The Kier molecular flexibility index (Phi) is 6.61. The van der Waals surface area contributed by atoms with E-state index in [0.29, 0.717) is 53.6 Å². The van der Waals surface area contributed by atoms with Gasteiger partial charge in [0.1, 0.15) is 17.3 Å². The Labute approximate surface area is 233 Å². The molecule has 0 bridgehead atoms.